The third-order valence-electron chi connectivity index (χ3n) is 2.33. The molecular formula is C12H10ClNOS3. The quantitative estimate of drug-likeness (QED) is 0.880. The van der Waals surface area contributed by atoms with Crippen molar-refractivity contribution < 1.29 is 4.21 Å². The summed E-state index contributed by atoms with van der Waals surface area (Å²) in [6, 6.07) is 8.91. The molecule has 1 aromatic heterocycles. The summed E-state index contributed by atoms with van der Waals surface area (Å²) in [7, 11) is -1.12. The van der Waals surface area contributed by atoms with Crippen LogP contribution in [0, 0.1) is 0 Å². The van der Waals surface area contributed by atoms with Crippen molar-refractivity contribution in [1.29, 1.82) is 0 Å². The summed E-state index contributed by atoms with van der Waals surface area (Å²) >= 11 is 12.2. The molecule has 0 aliphatic carbocycles. The molecule has 1 atom stereocenters. The first-order chi connectivity index (χ1) is 8.58. The lowest BCUT2D eigenvalue weighted by Crippen LogP contribution is -2.10. The predicted molar refractivity (Wildman–Crippen MR) is 81.8 cm³/mol. The molecule has 0 aliphatic rings. The van der Waals surface area contributed by atoms with Crippen molar-refractivity contribution in [3.8, 4) is 0 Å². The number of hydrogen-bond acceptors (Lipinski definition) is 3. The number of nitrogens with two attached hydrogens (primary N) is 1. The summed E-state index contributed by atoms with van der Waals surface area (Å²) in [5, 5.41) is 2.54. The minimum atomic E-state index is -1.12. The molecule has 0 radical (unpaired) electrons. The minimum absolute atomic E-state index is 0.355. The van der Waals surface area contributed by atoms with E-state index < -0.39 is 10.8 Å². The molecule has 1 aromatic carbocycles. The van der Waals surface area contributed by atoms with Crippen molar-refractivity contribution in [3.05, 3.63) is 51.2 Å². The fourth-order valence-corrected chi connectivity index (χ4v) is 3.87. The van der Waals surface area contributed by atoms with Crippen molar-refractivity contribution in [1.82, 2.24) is 0 Å². The second-order valence-corrected chi connectivity index (χ2v) is 6.83. The van der Waals surface area contributed by atoms with Gasteiger partial charge < -0.3 is 5.73 Å². The molecule has 0 fully saturated rings. The van der Waals surface area contributed by atoms with Gasteiger partial charge in [-0.3, -0.25) is 4.21 Å². The number of rotatable bonds is 4. The minimum Gasteiger partial charge on any atom is -0.389 e. The Morgan fingerprint density at radius 1 is 1.33 bits per heavy atom. The average Bonchev–Trinajstić information content (AvgIpc) is 2.78. The highest BCUT2D eigenvalue weighted by Crippen LogP contribution is 2.21. The van der Waals surface area contributed by atoms with Gasteiger partial charge in [-0.05, 0) is 41.3 Å². The van der Waals surface area contributed by atoms with Gasteiger partial charge in [0.15, 0.2) is 0 Å². The second-order valence-electron chi connectivity index (χ2n) is 3.58. The van der Waals surface area contributed by atoms with Gasteiger partial charge in [0.25, 0.3) is 0 Å². The van der Waals surface area contributed by atoms with Crippen LogP contribution in [-0.4, -0.2) is 9.20 Å². The number of hydrogen-bond donors (Lipinski definition) is 1. The maximum absolute atomic E-state index is 12.2. The van der Waals surface area contributed by atoms with E-state index in [2.05, 4.69) is 0 Å². The van der Waals surface area contributed by atoms with Gasteiger partial charge in [0.05, 0.1) is 21.4 Å². The lowest BCUT2D eigenvalue weighted by Gasteiger charge is -2.03. The van der Waals surface area contributed by atoms with E-state index in [1.807, 2.05) is 11.4 Å². The number of benzene rings is 1. The van der Waals surface area contributed by atoms with Gasteiger partial charge in [-0.2, -0.15) is 0 Å². The van der Waals surface area contributed by atoms with Crippen LogP contribution in [-0.2, 0) is 16.6 Å². The highest BCUT2D eigenvalue weighted by molar-refractivity contribution is 7.84. The summed E-state index contributed by atoms with van der Waals surface area (Å²) in [4.78, 5) is 1.94. The Balaban J connectivity index is 2.19. The van der Waals surface area contributed by atoms with Gasteiger partial charge in [-0.25, -0.2) is 0 Å². The van der Waals surface area contributed by atoms with Gasteiger partial charge in [0.1, 0.15) is 4.99 Å². The standard InChI is InChI=1S/C12H10ClNOS3/c13-9-1-3-10(4-2-9)18(15)7-8-5-6-17-11(8)12(14)16/h1-6H,7H2,(H2,14,16)/t18-/m1/s1. The third kappa shape index (κ3) is 3.17. The van der Waals surface area contributed by atoms with Crippen LogP contribution < -0.4 is 5.73 Å². The molecule has 0 saturated carbocycles. The monoisotopic (exact) mass is 315 g/mol. The zero-order chi connectivity index (χ0) is 13.1. The summed E-state index contributed by atoms with van der Waals surface area (Å²) in [5.41, 5.74) is 6.55. The molecule has 1 heterocycles. The van der Waals surface area contributed by atoms with Crippen LogP contribution in [0.2, 0.25) is 5.02 Å². The van der Waals surface area contributed by atoms with E-state index in [0.29, 0.717) is 15.8 Å². The smallest absolute Gasteiger partial charge is 0.114 e. The van der Waals surface area contributed by atoms with Crippen LogP contribution >= 0.6 is 35.2 Å². The molecule has 2 rings (SSSR count). The van der Waals surface area contributed by atoms with E-state index in [1.165, 1.54) is 11.3 Å². The van der Waals surface area contributed by atoms with E-state index in [-0.39, 0.29) is 0 Å². The molecule has 0 saturated heterocycles. The van der Waals surface area contributed by atoms with Gasteiger partial charge in [-0.1, -0.05) is 23.8 Å². The Morgan fingerprint density at radius 3 is 2.61 bits per heavy atom. The first-order valence-electron chi connectivity index (χ1n) is 5.08. The number of thiocarbonyl (C=S) groups is 1. The largest absolute Gasteiger partial charge is 0.389 e. The maximum Gasteiger partial charge on any atom is 0.114 e. The summed E-state index contributed by atoms with van der Waals surface area (Å²) in [6.45, 7) is 0. The van der Waals surface area contributed by atoms with E-state index in [1.54, 1.807) is 24.3 Å². The van der Waals surface area contributed by atoms with Crippen LogP contribution in [0.25, 0.3) is 0 Å². The van der Waals surface area contributed by atoms with Crippen LogP contribution in [0.3, 0.4) is 0 Å². The Kier molecular flexibility index (Phi) is 4.50. The van der Waals surface area contributed by atoms with E-state index >= 15 is 0 Å². The first-order valence-corrected chi connectivity index (χ1v) is 8.06. The SMILES string of the molecule is NC(=S)c1sccc1C[S@@](=O)c1ccc(Cl)cc1. The second kappa shape index (κ2) is 5.93. The maximum atomic E-state index is 12.2. The van der Waals surface area contributed by atoms with Crippen molar-refractivity contribution in [3.63, 3.8) is 0 Å². The first kappa shape index (κ1) is 13.7. The highest BCUT2D eigenvalue weighted by Gasteiger charge is 2.11. The Labute approximate surface area is 122 Å². The van der Waals surface area contributed by atoms with Gasteiger partial charge >= 0.3 is 0 Å². The van der Waals surface area contributed by atoms with Gasteiger partial charge in [0.2, 0.25) is 0 Å². The zero-order valence-corrected chi connectivity index (χ0v) is 12.5. The molecule has 0 amide bonds. The molecule has 18 heavy (non-hydrogen) atoms. The molecule has 0 bridgehead atoms. The van der Waals surface area contributed by atoms with Crippen LogP contribution in [0.4, 0.5) is 0 Å². The molecule has 2 N–H and O–H groups in total. The van der Waals surface area contributed by atoms with E-state index in [9.17, 15) is 4.21 Å². The molecule has 0 aliphatic heterocycles. The highest BCUT2D eigenvalue weighted by atomic mass is 35.5. The van der Waals surface area contributed by atoms with Crippen LogP contribution in [0.15, 0.2) is 40.6 Å². The van der Waals surface area contributed by atoms with Gasteiger partial charge in [-0.15, -0.1) is 11.3 Å². The number of halogens is 1. The van der Waals surface area contributed by atoms with Crippen molar-refractivity contribution >= 4 is 50.9 Å². The third-order valence-corrected chi connectivity index (χ3v) is 5.28. The Hall–Kier alpha value is -0.750. The van der Waals surface area contributed by atoms with Crippen LogP contribution in [0.5, 0.6) is 0 Å². The summed E-state index contributed by atoms with van der Waals surface area (Å²) in [6.07, 6.45) is 0. The lowest BCUT2D eigenvalue weighted by molar-refractivity contribution is 0.682. The molecule has 6 heteroatoms. The zero-order valence-electron chi connectivity index (χ0n) is 9.26. The predicted octanol–water partition coefficient (Wildman–Crippen LogP) is 3.34. The van der Waals surface area contributed by atoms with E-state index in [0.717, 1.165) is 15.3 Å². The lowest BCUT2D eigenvalue weighted by atomic mass is 10.3. The molecular weight excluding hydrogens is 306 g/mol. The molecule has 94 valence electrons. The normalized spacial score (nSPS) is 12.3. The molecule has 0 unspecified atom stereocenters. The fourth-order valence-electron chi connectivity index (χ4n) is 1.48. The summed E-state index contributed by atoms with van der Waals surface area (Å²) in [5.74, 6) is 0.414. The van der Waals surface area contributed by atoms with Crippen LogP contribution in [0.1, 0.15) is 10.4 Å². The van der Waals surface area contributed by atoms with Gasteiger partial charge in [0, 0.05) is 9.92 Å². The number of thiophene rings is 1. The molecule has 0 spiro atoms. The Bertz CT molecular complexity index is 592. The molecule has 2 aromatic rings. The van der Waals surface area contributed by atoms with Crippen molar-refractivity contribution in [2.75, 3.05) is 0 Å². The summed E-state index contributed by atoms with van der Waals surface area (Å²) < 4.78 is 12.2. The fraction of sp³-hybridized carbons (Fsp3) is 0.0833. The molecule has 2 nitrogen and oxygen atoms in total. The van der Waals surface area contributed by atoms with Crippen molar-refractivity contribution in [2.24, 2.45) is 5.73 Å². The Morgan fingerprint density at radius 2 is 2.00 bits per heavy atom. The topological polar surface area (TPSA) is 43.1 Å². The average molecular weight is 316 g/mol. The van der Waals surface area contributed by atoms with Crippen molar-refractivity contribution in [2.45, 2.75) is 10.6 Å². The van der Waals surface area contributed by atoms with E-state index in [4.69, 9.17) is 29.6 Å².